The third-order valence-corrected chi connectivity index (χ3v) is 6.09. The van der Waals surface area contributed by atoms with E-state index in [2.05, 4.69) is 16.3 Å². The van der Waals surface area contributed by atoms with E-state index >= 15 is 0 Å². The molecule has 1 aromatic heterocycles. The van der Waals surface area contributed by atoms with Crippen molar-refractivity contribution >= 4 is 33.1 Å². The van der Waals surface area contributed by atoms with Gasteiger partial charge < -0.3 is 5.32 Å². The summed E-state index contributed by atoms with van der Waals surface area (Å²) in [5.74, 6) is -2.15. The Morgan fingerprint density at radius 2 is 2.07 bits per heavy atom. The van der Waals surface area contributed by atoms with Gasteiger partial charge in [-0.3, -0.25) is 9.69 Å². The Labute approximate surface area is 159 Å². The van der Waals surface area contributed by atoms with Crippen molar-refractivity contribution in [3.05, 3.63) is 59.1 Å². The van der Waals surface area contributed by atoms with Crippen LogP contribution in [0.4, 0.5) is 14.5 Å². The average Bonchev–Trinajstić information content (AvgIpc) is 3.30. The molecule has 1 aliphatic rings. The van der Waals surface area contributed by atoms with Crippen LogP contribution in [0, 0.1) is 11.6 Å². The van der Waals surface area contributed by atoms with E-state index in [0.717, 1.165) is 46.7 Å². The maximum absolute atomic E-state index is 13.4. The maximum atomic E-state index is 13.4. The van der Waals surface area contributed by atoms with Crippen molar-refractivity contribution in [2.24, 2.45) is 0 Å². The van der Waals surface area contributed by atoms with Gasteiger partial charge in [0.2, 0.25) is 5.91 Å². The number of thiazole rings is 1. The molecule has 0 radical (unpaired) electrons. The number of carbonyl (C=O) groups is 1. The van der Waals surface area contributed by atoms with Crippen LogP contribution in [0.15, 0.2) is 42.5 Å². The fourth-order valence-corrected chi connectivity index (χ4v) is 4.64. The summed E-state index contributed by atoms with van der Waals surface area (Å²) in [5, 5.41) is 3.70. The third-order valence-electron chi connectivity index (χ3n) is 4.95. The highest BCUT2D eigenvalue weighted by atomic mass is 32.1. The van der Waals surface area contributed by atoms with Crippen LogP contribution in [0.2, 0.25) is 0 Å². The quantitative estimate of drug-likeness (QED) is 0.703. The molecule has 1 amide bonds. The second-order valence-corrected chi connectivity index (χ2v) is 7.77. The van der Waals surface area contributed by atoms with E-state index in [1.165, 1.54) is 6.07 Å². The Morgan fingerprint density at radius 3 is 2.85 bits per heavy atom. The van der Waals surface area contributed by atoms with E-state index in [1.54, 1.807) is 11.3 Å². The molecule has 0 saturated carbocycles. The number of halogens is 2. The molecule has 27 heavy (non-hydrogen) atoms. The number of benzene rings is 2. The predicted octanol–water partition coefficient (Wildman–Crippen LogP) is 4.74. The first-order valence-electron chi connectivity index (χ1n) is 8.90. The topological polar surface area (TPSA) is 45.2 Å². The molecular formula is C20H19F2N3OS. The number of carbonyl (C=O) groups excluding carboxylic acids is 1. The molecule has 4 nitrogen and oxygen atoms in total. The normalized spacial score (nSPS) is 18.7. The first kappa shape index (κ1) is 18.0. The minimum absolute atomic E-state index is 0.0908. The first-order chi connectivity index (χ1) is 13.0. The molecule has 4 rings (SSSR count). The summed E-state index contributed by atoms with van der Waals surface area (Å²) in [6, 6.07) is 11.1. The summed E-state index contributed by atoms with van der Waals surface area (Å²) in [4.78, 5) is 19.5. The molecule has 2 atom stereocenters. The van der Waals surface area contributed by atoms with Crippen LogP contribution >= 0.6 is 11.3 Å². The smallest absolute Gasteiger partial charge is 0.241 e. The van der Waals surface area contributed by atoms with Gasteiger partial charge in [-0.25, -0.2) is 13.8 Å². The van der Waals surface area contributed by atoms with Crippen LogP contribution in [0.1, 0.15) is 30.8 Å². The highest BCUT2D eigenvalue weighted by Crippen LogP contribution is 2.37. The largest absolute Gasteiger partial charge is 0.325 e. The van der Waals surface area contributed by atoms with E-state index in [4.69, 9.17) is 4.98 Å². The number of aromatic nitrogens is 1. The Kier molecular flexibility index (Phi) is 4.88. The zero-order chi connectivity index (χ0) is 19.0. The summed E-state index contributed by atoms with van der Waals surface area (Å²) >= 11 is 1.66. The van der Waals surface area contributed by atoms with E-state index in [-0.39, 0.29) is 17.6 Å². The number of hydrogen-bond acceptors (Lipinski definition) is 4. The first-order valence-corrected chi connectivity index (χ1v) is 9.72. The molecule has 2 heterocycles. The monoisotopic (exact) mass is 387 g/mol. The minimum Gasteiger partial charge on any atom is -0.325 e. The van der Waals surface area contributed by atoms with Crippen molar-refractivity contribution in [2.45, 2.75) is 31.8 Å². The molecule has 140 valence electrons. The highest BCUT2D eigenvalue weighted by molar-refractivity contribution is 7.18. The Balaban J connectivity index is 1.51. The van der Waals surface area contributed by atoms with Crippen molar-refractivity contribution in [3.8, 4) is 0 Å². The summed E-state index contributed by atoms with van der Waals surface area (Å²) < 4.78 is 27.6. The van der Waals surface area contributed by atoms with E-state index < -0.39 is 17.7 Å². The van der Waals surface area contributed by atoms with Gasteiger partial charge in [-0.15, -0.1) is 11.3 Å². The Morgan fingerprint density at radius 1 is 1.26 bits per heavy atom. The number of nitrogens with zero attached hydrogens (tertiary/aromatic N) is 2. The number of para-hydroxylation sites is 1. The standard InChI is InChI=1S/C20H19F2N3OS/c1-12(19(26)23-13-8-9-14(21)15(22)11-13)25-10-4-6-17(25)20-24-16-5-2-3-7-18(16)27-20/h2-3,5,7-9,11-12,17H,4,6,10H2,1H3,(H,23,26). The molecule has 0 bridgehead atoms. The summed E-state index contributed by atoms with van der Waals surface area (Å²) in [6.45, 7) is 2.63. The number of anilines is 1. The number of amides is 1. The average molecular weight is 387 g/mol. The van der Waals surface area contributed by atoms with Gasteiger partial charge in [-0.05, 0) is 50.6 Å². The molecule has 1 aliphatic heterocycles. The second-order valence-electron chi connectivity index (χ2n) is 6.71. The second kappa shape index (κ2) is 7.32. The fraction of sp³-hybridized carbons (Fsp3) is 0.300. The van der Waals surface area contributed by atoms with Gasteiger partial charge in [-0.2, -0.15) is 0 Å². The van der Waals surface area contributed by atoms with Crippen molar-refractivity contribution in [3.63, 3.8) is 0 Å². The molecule has 7 heteroatoms. The summed E-state index contributed by atoms with van der Waals surface area (Å²) in [5.41, 5.74) is 1.23. The van der Waals surface area contributed by atoms with Crippen molar-refractivity contribution in [1.82, 2.24) is 9.88 Å². The van der Waals surface area contributed by atoms with Crippen molar-refractivity contribution < 1.29 is 13.6 Å². The molecule has 1 N–H and O–H groups in total. The van der Waals surface area contributed by atoms with Gasteiger partial charge in [0.15, 0.2) is 11.6 Å². The van der Waals surface area contributed by atoms with Gasteiger partial charge in [0.1, 0.15) is 5.01 Å². The van der Waals surface area contributed by atoms with E-state index in [1.807, 2.05) is 25.1 Å². The van der Waals surface area contributed by atoms with Gasteiger partial charge >= 0.3 is 0 Å². The van der Waals surface area contributed by atoms with Crippen LogP contribution < -0.4 is 5.32 Å². The molecule has 3 aromatic rings. The number of nitrogens with one attached hydrogen (secondary N) is 1. The lowest BCUT2D eigenvalue weighted by Gasteiger charge is -2.28. The number of rotatable bonds is 4. The number of fused-ring (bicyclic) bond motifs is 1. The van der Waals surface area contributed by atoms with Crippen LogP contribution in [0.5, 0.6) is 0 Å². The van der Waals surface area contributed by atoms with Crippen LogP contribution in [-0.2, 0) is 4.79 Å². The lowest BCUT2D eigenvalue weighted by molar-refractivity contribution is -0.121. The van der Waals surface area contributed by atoms with Crippen molar-refractivity contribution in [2.75, 3.05) is 11.9 Å². The Bertz CT molecular complexity index is 957. The lowest BCUT2D eigenvalue weighted by atomic mass is 10.2. The van der Waals surface area contributed by atoms with Crippen molar-refractivity contribution in [1.29, 1.82) is 0 Å². The van der Waals surface area contributed by atoms with E-state index in [0.29, 0.717) is 0 Å². The summed E-state index contributed by atoms with van der Waals surface area (Å²) in [6.07, 6.45) is 1.94. The minimum atomic E-state index is -0.978. The Hall–Kier alpha value is -2.38. The van der Waals surface area contributed by atoms with Crippen LogP contribution in [-0.4, -0.2) is 28.4 Å². The van der Waals surface area contributed by atoms with Gasteiger partial charge in [0.05, 0.1) is 22.3 Å². The predicted molar refractivity (Wildman–Crippen MR) is 103 cm³/mol. The zero-order valence-electron chi connectivity index (χ0n) is 14.8. The molecule has 1 fully saturated rings. The SMILES string of the molecule is CC(C(=O)Nc1ccc(F)c(F)c1)N1CCCC1c1nc2ccccc2s1. The number of likely N-dealkylation sites (tertiary alicyclic amines) is 1. The zero-order valence-corrected chi connectivity index (χ0v) is 15.6. The lowest BCUT2D eigenvalue weighted by Crippen LogP contribution is -2.41. The molecule has 0 aliphatic carbocycles. The van der Waals surface area contributed by atoms with E-state index in [9.17, 15) is 13.6 Å². The van der Waals surface area contributed by atoms with Crippen LogP contribution in [0.25, 0.3) is 10.2 Å². The third kappa shape index (κ3) is 3.57. The molecule has 0 spiro atoms. The molecule has 1 saturated heterocycles. The number of hydrogen-bond donors (Lipinski definition) is 1. The highest BCUT2D eigenvalue weighted by Gasteiger charge is 2.34. The van der Waals surface area contributed by atoms with Crippen LogP contribution in [0.3, 0.4) is 0 Å². The maximum Gasteiger partial charge on any atom is 0.241 e. The fourth-order valence-electron chi connectivity index (χ4n) is 3.52. The van der Waals surface area contributed by atoms with Gasteiger partial charge in [0.25, 0.3) is 0 Å². The molecule has 2 unspecified atom stereocenters. The van der Waals surface area contributed by atoms with Gasteiger partial charge in [-0.1, -0.05) is 12.1 Å². The molecular weight excluding hydrogens is 368 g/mol. The summed E-state index contributed by atoms with van der Waals surface area (Å²) in [7, 11) is 0. The van der Waals surface area contributed by atoms with Gasteiger partial charge in [0, 0.05) is 11.8 Å². The molecule has 2 aromatic carbocycles.